The molecule has 3 aromatic heterocycles. The van der Waals surface area contributed by atoms with Crippen LogP contribution in [0.15, 0.2) is 35.1 Å². The highest BCUT2D eigenvalue weighted by molar-refractivity contribution is 6.05. The largest absolute Gasteiger partial charge is 0.378 e. The Hall–Kier alpha value is -3.46. The first-order valence-electron chi connectivity index (χ1n) is 10.3. The van der Waals surface area contributed by atoms with Gasteiger partial charge in [-0.05, 0) is 25.1 Å². The van der Waals surface area contributed by atoms with Gasteiger partial charge in [-0.2, -0.15) is 0 Å². The second-order valence-electron chi connectivity index (χ2n) is 7.53. The monoisotopic (exact) mass is 423 g/mol. The maximum Gasteiger partial charge on any atom is 0.259 e. The number of pyridine rings is 2. The molecule has 0 saturated carbocycles. The summed E-state index contributed by atoms with van der Waals surface area (Å²) in [7, 11) is 1.80. The van der Waals surface area contributed by atoms with Crippen molar-refractivity contribution in [1.82, 2.24) is 19.3 Å². The zero-order valence-corrected chi connectivity index (χ0v) is 17.3. The van der Waals surface area contributed by atoms with E-state index in [0.29, 0.717) is 44.1 Å². The van der Waals surface area contributed by atoms with Gasteiger partial charge in [-0.1, -0.05) is 12.1 Å². The molecule has 31 heavy (non-hydrogen) atoms. The number of halogens is 1. The Kier molecular flexibility index (Phi) is 4.62. The standard InChI is InChI=1S/C22H22FN5O3/c1-3-24-21(30)17-18(29)13-12-14(23)20(27-8-10-31-11-9-27)25-19(13)28-16-7-5-4-6-15(16)26(2)22(17)28/h4-7,12H,3,8-11H2,1-2H3,(H,24,30). The van der Waals surface area contributed by atoms with Crippen LogP contribution in [0.5, 0.6) is 0 Å². The minimum atomic E-state index is -0.589. The summed E-state index contributed by atoms with van der Waals surface area (Å²) in [6.45, 7) is 4.15. The van der Waals surface area contributed by atoms with Crippen molar-refractivity contribution in [2.24, 2.45) is 7.05 Å². The molecule has 1 aliphatic rings. The number of nitrogens with one attached hydrogen (secondary N) is 1. The highest BCUT2D eigenvalue weighted by atomic mass is 19.1. The van der Waals surface area contributed by atoms with Crippen LogP contribution in [0, 0.1) is 5.82 Å². The molecular formula is C22H22FN5O3. The van der Waals surface area contributed by atoms with Crippen LogP contribution in [0.3, 0.4) is 0 Å². The van der Waals surface area contributed by atoms with Crippen molar-refractivity contribution in [2.45, 2.75) is 6.92 Å². The number of hydrogen-bond acceptors (Lipinski definition) is 5. The number of rotatable bonds is 3. The van der Waals surface area contributed by atoms with Crippen molar-refractivity contribution < 1.29 is 13.9 Å². The Morgan fingerprint density at radius 3 is 2.65 bits per heavy atom. The third kappa shape index (κ3) is 2.88. The first-order chi connectivity index (χ1) is 15.0. The van der Waals surface area contributed by atoms with E-state index in [-0.39, 0.29) is 16.8 Å². The smallest absolute Gasteiger partial charge is 0.259 e. The lowest BCUT2D eigenvalue weighted by molar-refractivity contribution is 0.0956. The van der Waals surface area contributed by atoms with Crippen LogP contribution in [0.25, 0.3) is 27.7 Å². The highest BCUT2D eigenvalue weighted by Crippen LogP contribution is 2.28. The summed E-state index contributed by atoms with van der Waals surface area (Å²) in [4.78, 5) is 32.7. The number of para-hydroxylation sites is 2. The molecule has 1 fully saturated rings. The van der Waals surface area contributed by atoms with Gasteiger partial charge in [0.1, 0.15) is 11.2 Å². The van der Waals surface area contributed by atoms with E-state index in [1.54, 1.807) is 22.9 Å². The number of benzene rings is 1. The molecule has 0 atom stereocenters. The van der Waals surface area contributed by atoms with Crippen molar-refractivity contribution in [3.05, 3.63) is 51.9 Å². The molecule has 1 saturated heterocycles. The molecule has 1 aliphatic heterocycles. The molecule has 1 amide bonds. The van der Waals surface area contributed by atoms with Gasteiger partial charge in [0.25, 0.3) is 5.91 Å². The Bertz CT molecular complexity index is 1400. The number of nitrogens with zero attached hydrogens (tertiary/aromatic N) is 4. The second-order valence-corrected chi connectivity index (χ2v) is 7.53. The second kappa shape index (κ2) is 7.35. The van der Waals surface area contributed by atoms with Crippen LogP contribution in [0.1, 0.15) is 17.3 Å². The third-order valence-corrected chi connectivity index (χ3v) is 5.73. The third-order valence-electron chi connectivity index (χ3n) is 5.73. The first kappa shape index (κ1) is 19.5. The minimum Gasteiger partial charge on any atom is -0.378 e. The van der Waals surface area contributed by atoms with E-state index in [0.717, 1.165) is 11.0 Å². The number of amides is 1. The number of aromatic nitrogens is 3. The van der Waals surface area contributed by atoms with E-state index in [1.807, 2.05) is 29.2 Å². The fourth-order valence-corrected chi connectivity index (χ4v) is 4.30. The number of aryl methyl sites for hydroxylation is 1. The molecule has 0 bridgehead atoms. The van der Waals surface area contributed by atoms with E-state index >= 15 is 4.39 Å². The summed E-state index contributed by atoms with van der Waals surface area (Å²) in [5.74, 6) is -0.897. The van der Waals surface area contributed by atoms with E-state index in [1.165, 1.54) is 6.07 Å². The SMILES string of the molecule is CCNC(=O)c1c(=O)c2cc(F)c(N3CCOCC3)nc2n2c3ccccc3n(C)c12. The van der Waals surface area contributed by atoms with Gasteiger partial charge in [0.05, 0.1) is 29.6 Å². The van der Waals surface area contributed by atoms with Gasteiger partial charge < -0.3 is 19.5 Å². The molecule has 8 nitrogen and oxygen atoms in total. The molecule has 4 aromatic rings. The zero-order chi connectivity index (χ0) is 21.7. The Morgan fingerprint density at radius 2 is 1.94 bits per heavy atom. The van der Waals surface area contributed by atoms with Gasteiger partial charge in [0.15, 0.2) is 17.3 Å². The van der Waals surface area contributed by atoms with Gasteiger partial charge in [0, 0.05) is 26.7 Å². The lowest BCUT2D eigenvalue weighted by atomic mass is 10.1. The molecule has 160 valence electrons. The summed E-state index contributed by atoms with van der Waals surface area (Å²) < 4.78 is 24.0. The average Bonchev–Trinajstić information content (AvgIpc) is 3.07. The predicted octanol–water partition coefficient (Wildman–Crippen LogP) is 2.06. The number of ether oxygens (including phenoxy) is 1. The molecule has 1 aromatic carbocycles. The summed E-state index contributed by atoms with van der Waals surface area (Å²) in [5.41, 5.74) is 1.81. The summed E-state index contributed by atoms with van der Waals surface area (Å²) in [6.07, 6.45) is 0. The Morgan fingerprint density at radius 1 is 1.23 bits per heavy atom. The molecular weight excluding hydrogens is 401 g/mol. The lowest BCUT2D eigenvalue weighted by Crippen LogP contribution is -2.37. The van der Waals surface area contributed by atoms with E-state index < -0.39 is 17.2 Å². The fraction of sp³-hybridized carbons (Fsp3) is 0.318. The molecule has 0 unspecified atom stereocenters. The normalized spacial score (nSPS) is 14.6. The Labute approximate surface area is 176 Å². The molecule has 0 aliphatic carbocycles. The summed E-state index contributed by atoms with van der Waals surface area (Å²) >= 11 is 0. The summed E-state index contributed by atoms with van der Waals surface area (Å²) in [5, 5.41) is 2.78. The number of morpholine rings is 1. The molecule has 5 rings (SSSR count). The molecule has 9 heteroatoms. The quantitative estimate of drug-likeness (QED) is 0.546. The van der Waals surface area contributed by atoms with Crippen LogP contribution in [0.2, 0.25) is 0 Å². The van der Waals surface area contributed by atoms with Gasteiger partial charge in [-0.3, -0.25) is 14.0 Å². The Balaban J connectivity index is 1.95. The number of fused-ring (bicyclic) bond motifs is 5. The lowest BCUT2D eigenvalue weighted by Gasteiger charge is -2.28. The topological polar surface area (TPSA) is 80.9 Å². The van der Waals surface area contributed by atoms with Gasteiger partial charge in [-0.25, -0.2) is 9.37 Å². The first-order valence-corrected chi connectivity index (χ1v) is 10.3. The van der Waals surface area contributed by atoms with Crippen LogP contribution in [-0.2, 0) is 11.8 Å². The molecule has 0 radical (unpaired) electrons. The van der Waals surface area contributed by atoms with Crippen molar-refractivity contribution in [3.63, 3.8) is 0 Å². The maximum atomic E-state index is 15.1. The van der Waals surface area contributed by atoms with Crippen LogP contribution >= 0.6 is 0 Å². The summed E-state index contributed by atoms with van der Waals surface area (Å²) in [6, 6.07) is 8.77. The fourth-order valence-electron chi connectivity index (χ4n) is 4.30. The minimum absolute atomic E-state index is 0.0200. The van der Waals surface area contributed by atoms with Gasteiger partial charge >= 0.3 is 0 Å². The number of anilines is 1. The van der Waals surface area contributed by atoms with Gasteiger partial charge in [-0.15, -0.1) is 0 Å². The van der Waals surface area contributed by atoms with Crippen LogP contribution in [0.4, 0.5) is 10.2 Å². The number of hydrogen-bond donors (Lipinski definition) is 1. The van der Waals surface area contributed by atoms with Crippen molar-refractivity contribution in [1.29, 1.82) is 0 Å². The maximum absolute atomic E-state index is 15.1. The molecule has 4 heterocycles. The average molecular weight is 423 g/mol. The highest BCUT2D eigenvalue weighted by Gasteiger charge is 2.26. The zero-order valence-electron chi connectivity index (χ0n) is 17.3. The van der Waals surface area contributed by atoms with Crippen LogP contribution < -0.4 is 15.6 Å². The number of imidazole rings is 1. The van der Waals surface area contributed by atoms with E-state index in [2.05, 4.69) is 10.3 Å². The van der Waals surface area contributed by atoms with E-state index in [9.17, 15) is 9.59 Å². The van der Waals surface area contributed by atoms with Crippen molar-refractivity contribution >= 4 is 39.4 Å². The van der Waals surface area contributed by atoms with Crippen molar-refractivity contribution in [3.8, 4) is 0 Å². The molecule has 1 N–H and O–H groups in total. The molecule has 0 spiro atoms. The number of carbonyl (C=O) groups is 1. The predicted molar refractivity (Wildman–Crippen MR) is 116 cm³/mol. The van der Waals surface area contributed by atoms with E-state index in [4.69, 9.17) is 4.74 Å². The number of carbonyl (C=O) groups excluding carboxylic acids is 1. The van der Waals surface area contributed by atoms with Crippen molar-refractivity contribution in [2.75, 3.05) is 37.7 Å². The van der Waals surface area contributed by atoms with Gasteiger partial charge in [0.2, 0.25) is 5.43 Å². The van der Waals surface area contributed by atoms with Crippen LogP contribution in [-0.4, -0.2) is 52.7 Å².